The van der Waals surface area contributed by atoms with E-state index in [1.807, 2.05) is 24.6 Å². The predicted octanol–water partition coefficient (Wildman–Crippen LogP) is 2.41. The van der Waals surface area contributed by atoms with Gasteiger partial charge in [0.1, 0.15) is 5.49 Å². The lowest BCUT2D eigenvalue weighted by Crippen LogP contribution is -2.40. The first kappa shape index (κ1) is 20.5. The van der Waals surface area contributed by atoms with Crippen LogP contribution in [-0.2, 0) is 4.57 Å². The van der Waals surface area contributed by atoms with Gasteiger partial charge in [-0.15, -0.1) is 11.6 Å². The minimum absolute atomic E-state index is 0.0397. The van der Waals surface area contributed by atoms with E-state index in [2.05, 4.69) is 47.4 Å². The SMILES string of the molecule is CC1=C\C(C)(C2C=c3[nH]c(SCP(=O)(O)O)nc3=CC2Cl)C/C=C/N/C=C\1. The minimum Gasteiger partial charge on any atom is -0.368 e. The quantitative estimate of drug-likeness (QED) is 0.334. The highest BCUT2D eigenvalue weighted by molar-refractivity contribution is 8.04. The number of hydrogen-bond acceptors (Lipinski definition) is 4. The van der Waals surface area contributed by atoms with Crippen molar-refractivity contribution in [3.05, 3.63) is 46.9 Å². The van der Waals surface area contributed by atoms with Crippen LogP contribution in [0.2, 0.25) is 0 Å². The van der Waals surface area contributed by atoms with Crippen LogP contribution < -0.4 is 16.0 Å². The van der Waals surface area contributed by atoms with Crippen molar-refractivity contribution < 1.29 is 14.4 Å². The van der Waals surface area contributed by atoms with Gasteiger partial charge in [-0.25, -0.2) is 4.98 Å². The van der Waals surface area contributed by atoms with Crippen molar-refractivity contribution in [1.82, 2.24) is 15.3 Å². The lowest BCUT2D eigenvalue weighted by atomic mass is 9.70. The van der Waals surface area contributed by atoms with E-state index in [0.717, 1.165) is 34.5 Å². The fourth-order valence-electron chi connectivity index (χ4n) is 3.40. The third kappa shape index (κ3) is 5.18. The molecule has 0 saturated heterocycles. The number of nitrogens with zero attached hydrogens (tertiary/aromatic N) is 1. The van der Waals surface area contributed by atoms with Crippen LogP contribution in [0.3, 0.4) is 0 Å². The molecule has 0 aromatic carbocycles. The number of hydrogen-bond donors (Lipinski definition) is 4. The molecule has 9 heteroatoms. The molecule has 0 amide bonds. The molecule has 4 N–H and O–H groups in total. The Labute approximate surface area is 167 Å². The van der Waals surface area contributed by atoms with Crippen LogP contribution in [0, 0.1) is 11.3 Å². The van der Waals surface area contributed by atoms with Gasteiger partial charge >= 0.3 is 7.60 Å². The van der Waals surface area contributed by atoms with Gasteiger partial charge in [-0.2, -0.15) is 0 Å². The van der Waals surface area contributed by atoms with Crippen LogP contribution in [0.4, 0.5) is 0 Å². The van der Waals surface area contributed by atoms with Crippen LogP contribution in [0.5, 0.6) is 0 Å². The summed E-state index contributed by atoms with van der Waals surface area (Å²) in [4.78, 5) is 25.7. The molecule has 1 aromatic heterocycles. The molecule has 1 aliphatic heterocycles. The summed E-state index contributed by atoms with van der Waals surface area (Å²) in [5.74, 6) is 0.0397. The Bertz CT molecular complexity index is 965. The van der Waals surface area contributed by atoms with Gasteiger partial charge in [0.15, 0.2) is 5.16 Å². The number of H-pyrrole nitrogens is 1. The zero-order valence-corrected chi connectivity index (χ0v) is 17.6. The van der Waals surface area contributed by atoms with E-state index in [0.29, 0.717) is 5.16 Å². The molecule has 27 heavy (non-hydrogen) atoms. The number of fused-ring (bicyclic) bond motifs is 1. The van der Waals surface area contributed by atoms with E-state index >= 15 is 0 Å². The van der Waals surface area contributed by atoms with E-state index < -0.39 is 7.60 Å². The van der Waals surface area contributed by atoms with Gasteiger partial charge in [0.05, 0.1) is 16.1 Å². The van der Waals surface area contributed by atoms with Crippen LogP contribution in [-0.4, -0.2) is 30.6 Å². The number of allylic oxidation sites excluding steroid dienone is 4. The van der Waals surface area contributed by atoms with Crippen LogP contribution in [0.1, 0.15) is 20.3 Å². The number of alkyl halides is 1. The third-order valence-corrected chi connectivity index (χ3v) is 7.37. The number of rotatable bonds is 4. The van der Waals surface area contributed by atoms with Gasteiger partial charge in [-0.05, 0) is 37.1 Å². The van der Waals surface area contributed by atoms with E-state index in [1.54, 1.807) is 0 Å². The van der Waals surface area contributed by atoms with Crippen molar-refractivity contribution in [3.63, 3.8) is 0 Å². The second kappa shape index (κ2) is 8.02. The molecule has 0 radical (unpaired) electrons. The molecule has 1 aromatic rings. The summed E-state index contributed by atoms with van der Waals surface area (Å²) in [6.45, 7) is 4.26. The summed E-state index contributed by atoms with van der Waals surface area (Å²) < 4.78 is 11.1. The lowest BCUT2D eigenvalue weighted by molar-refractivity contribution is 0.333. The topological polar surface area (TPSA) is 98.2 Å². The molecule has 0 fully saturated rings. The van der Waals surface area contributed by atoms with Gasteiger partial charge in [0.25, 0.3) is 0 Å². The molecule has 3 rings (SSSR count). The van der Waals surface area contributed by atoms with Crippen molar-refractivity contribution in [2.24, 2.45) is 11.3 Å². The summed E-state index contributed by atoms with van der Waals surface area (Å²) in [5.41, 5.74) is 0.651. The smallest absolute Gasteiger partial charge is 0.335 e. The van der Waals surface area contributed by atoms with Gasteiger partial charge in [0.2, 0.25) is 0 Å². The number of aromatic nitrogens is 2. The monoisotopic (exact) mass is 427 g/mol. The van der Waals surface area contributed by atoms with E-state index in [4.69, 9.17) is 21.4 Å². The Hall–Kier alpha value is -1.24. The number of halogens is 1. The molecule has 0 saturated carbocycles. The van der Waals surface area contributed by atoms with Crippen molar-refractivity contribution in [3.8, 4) is 0 Å². The highest BCUT2D eigenvalue weighted by Crippen LogP contribution is 2.42. The Balaban J connectivity index is 1.95. The zero-order chi connectivity index (χ0) is 19.7. The highest BCUT2D eigenvalue weighted by Gasteiger charge is 2.36. The van der Waals surface area contributed by atoms with Crippen LogP contribution in [0.15, 0.2) is 41.4 Å². The molecule has 0 bridgehead atoms. The number of nitrogens with one attached hydrogen (secondary N) is 2. The van der Waals surface area contributed by atoms with Crippen LogP contribution in [0.25, 0.3) is 12.2 Å². The molecule has 2 heterocycles. The fraction of sp³-hybridized carbons (Fsp3) is 0.389. The first-order chi connectivity index (χ1) is 12.7. The number of imidazole rings is 1. The Morgan fingerprint density at radius 2 is 2.19 bits per heavy atom. The summed E-state index contributed by atoms with van der Waals surface area (Å²) in [6.07, 6.45) is 15.0. The van der Waals surface area contributed by atoms with E-state index in [-0.39, 0.29) is 22.2 Å². The number of thioether (sulfide) groups is 1. The molecule has 146 valence electrons. The molecular formula is C18H23ClN3O3PS. The van der Waals surface area contributed by atoms with Gasteiger partial charge in [-0.1, -0.05) is 42.5 Å². The first-order valence-electron chi connectivity index (χ1n) is 8.54. The minimum atomic E-state index is -4.09. The summed E-state index contributed by atoms with van der Waals surface area (Å²) in [5, 5.41) is 4.94. The Morgan fingerprint density at radius 1 is 1.41 bits per heavy atom. The Kier molecular flexibility index (Phi) is 6.08. The van der Waals surface area contributed by atoms with E-state index in [9.17, 15) is 4.57 Å². The third-order valence-electron chi connectivity index (χ3n) is 4.65. The van der Waals surface area contributed by atoms with Gasteiger partial charge in [-0.3, -0.25) is 4.57 Å². The predicted molar refractivity (Wildman–Crippen MR) is 111 cm³/mol. The molecule has 0 spiro atoms. The second-order valence-electron chi connectivity index (χ2n) is 7.08. The zero-order valence-electron chi connectivity index (χ0n) is 15.1. The maximum atomic E-state index is 11.1. The maximum Gasteiger partial charge on any atom is 0.335 e. The lowest BCUT2D eigenvalue weighted by Gasteiger charge is -2.36. The summed E-state index contributed by atoms with van der Waals surface area (Å²) in [7, 11) is -4.09. The maximum absolute atomic E-state index is 11.1. The van der Waals surface area contributed by atoms with Crippen molar-refractivity contribution in [2.45, 2.75) is 30.8 Å². The summed E-state index contributed by atoms with van der Waals surface area (Å²) >= 11 is 7.73. The molecule has 3 atom stereocenters. The van der Waals surface area contributed by atoms with Crippen molar-refractivity contribution >= 4 is 43.1 Å². The van der Waals surface area contributed by atoms with Crippen LogP contribution >= 0.6 is 31.0 Å². The molecule has 3 unspecified atom stereocenters. The molecule has 6 nitrogen and oxygen atoms in total. The van der Waals surface area contributed by atoms with Crippen molar-refractivity contribution in [1.29, 1.82) is 0 Å². The average molecular weight is 428 g/mol. The normalized spacial score (nSPS) is 32.3. The molecule has 2 aliphatic rings. The summed E-state index contributed by atoms with van der Waals surface area (Å²) in [6, 6.07) is 0. The average Bonchev–Trinajstić information content (AvgIpc) is 2.98. The van der Waals surface area contributed by atoms with E-state index in [1.165, 1.54) is 0 Å². The van der Waals surface area contributed by atoms with Gasteiger partial charge in [0, 0.05) is 12.1 Å². The molecular weight excluding hydrogens is 405 g/mol. The first-order valence-corrected chi connectivity index (χ1v) is 11.8. The fourth-order valence-corrected chi connectivity index (χ4v) is 5.39. The highest BCUT2D eigenvalue weighted by atomic mass is 35.5. The van der Waals surface area contributed by atoms with Crippen molar-refractivity contribution in [2.75, 3.05) is 5.49 Å². The largest absolute Gasteiger partial charge is 0.368 e. The van der Waals surface area contributed by atoms with Gasteiger partial charge < -0.3 is 20.1 Å². The number of aromatic amines is 1. The Morgan fingerprint density at radius 3 is 2.93 bits per heavy atom. The standard InChI is InChI=1S/C18H23ClN3O3PS/c1-12-4-7-20-6-3-5-18(2,10-12)13-8-15-16(9-14(13)19)22-17(21-15)27-11-26(23,24)25/h3-4,6-10,13-14,20H,5,11H2,1-2H3,(H,21,22)(H2,23,24,25)/b6-3+,7-4-,12-10+. The molecule has 1 aliphatic carbocycles. The second-order valence-corrected chi connectivity index (χ2v) is 10.6.